The van der Waals surface area contributed by atoms with Crippen LogP contribution >= 0.6 is 15.9 Å². The molecule has 0 bridgehead atoms. The summed E-state index contributed by atoms with van der Waals surface area (Å²) in [6, 6.07) is 0. The second kappa shape index (κ2) is 5.21. The average Bonchev–Trinajstić information content (AvgIpc) is 2.74. The molecule has 0 unspecified atom stereocenters. The summed E-state index contributed by atoms with van der Waals surface area (Å²) in [4.78, 5) is 4.56. The highest BCUT2D eigenvalue weighted by molar-refractivity contribution is 9.10. The van der Waals surface area contributed by atoms with Crippen LogP contribution in [0, 0.1) is 5.92 Å². The fraction of sp³-hybridized carbons (Fsp3) is 0.571. The highest BCUT2D eigenvalue weighted by Crippen LogP contribution is 2.25. The first-order valence-electron chi connectivity index (χ1n) is 6.91. The summed E-state index contributed by atoms with van der Waals surface area (Å²) in [6.45, 7) is 6.41. The SMILES string of the molecule is CC(C)CCc1nn2c3c(cnc2c1Br)CNCC3. The Labute approximate surface area is 121 Å². The summed E-state index contributed by atoms with van der Waals surface area (Å²) in [7, 11) is 0. The van der Waals surface area contributed by atoms with Crippen molar-refractivity contribution in [3.05, 3.63) is 27.6 Å². The zero-order valence-corrected chi connectivity index (χ0v) is 13.0. The molecule has 0 spiro atoms. The number of aromatic nitrogens is 3. The topological polar surface area (TPSA) is 42.2 Å². The van der Waals surface area contributed by atoms with Gasteiger partial charge in [0.25, 0.3) is 0 Å². The molecule has 0 aromatic carbocycles. The summed E-state index contributed by atoms with van der Waals surface area (Å²) >= 11 is 3.67. The lowest BCUT2D eigenvalue weighted by atomic mass is 10.1. The Balaban J connectivity index is 2.04. The molecule has 0 amide bonds. The maximum Gasteiger partial charge on any atom is 0.169 e. The molecule has 1 N–H and O–H groups in total. The van der Waals surface area contributed by atoms with Crippen molar-refractivity contribution in [1.29, 1.82) is 0 Å². The lowest BCUT2D eigenvalue weighted by Crippen LogP contribution is -2.26. The van der Waals surface area contributed by atoms with Gasteiger partial charge in [0.05, 0.1) is 15.9 Å². The first-order chi connectivity index (χ1) is 9.16. The molecule has 5 heteroatoms. The summed E-state index contributed by atoms with van der Waals surface area (Å²) in [5.41, 5.74) is 4.66. The minimum Gasteiger partial charge on any atom is -0.312 e. The van der Waals surface area contributed by atoms with Gasteiger partial charge < -0.3 is 5.32 Å². The number of hydrogen-bond donors (Lipinski definition) is 1. The molecule has 1 aliphatic heterocycles. The minimum atomic E-state index is 0.697. The molecule has 3 heterocycles. The van der Waals surface area contributed by atoms with Crippen LogP contribution in [0.5, 0.6) is 0 Å². The third-order valence-electron chi connectivity index (χ3n) is 3.65. The van der Waals surface area contributed by atoms with Gasteiger partial charge in [-0.15, -0.1) is 0 Å². The van der Waals surface area contributed by atoms with E-state index in [2.05, 4.69) is 40.1 Å². The number of halogens is 1. The molecule has 0 radical (unpaired) electrons. The molecule has 102 valence electrons. The molecule has 3 rings (SSSR count). The van der Waals surface area contributed by atoms with Gasteiger partial charge in [-0.2, -0.15) is 5.10 Å². The fourth-order valence-electron chi connectivity index (χ4n) is 2.51. The van der Waals surface area contributed by atoms with E-state index in [-0.39, 0.29) is 0 Å². The zero-order chi connectivity index (χ0) is 13.4. The van der Waals surface area contributed by atoms with Gasteiger partial charge in [-0.3, -0.25) is 0 Å². The highest BCUT2D eigenvalue weighted by Gasteiger charge is 2.18. The highest BCUT2D eigenvalue weighted by atomic mass is 79.9. The van der Waals surface area contributed by atoms with Crippen molar-refractivity contribution >= 4 is 21.6 Å². The number of aryl methyl sites for hydroxylation is 1. The van der Waals surface area contributed by atoms with Crippen molar-refractivity contribution in [2.75, 3.05) is 6.54 Å². The number of fused-ring (bicyclic) bond motifs is 3. The summed E-state index contributed by atoms with van der Waals surface area (Å²) in [6.07, 6.45) is 5.17. The Morgan fingerprint density at radius 1 is 1.47 bits per heavy atom. The van der Waals surface area contributed by atoms with Gasteiger partial charge in [0.15, 0.2) is 5.65 Å². The minimum absolute atomic E-state index is 0.697. The van der Waals surface area contributed by atoms with E-state index in [1.165, 1.54) is 11.3 Å². The van der Waals surface area contributed by atoms with Crippen LogP contribution in [0.1, 0.15) is 37.2 Å². The first-order valence-corrected chi connectivity index (χ1v) is 7.70. The number of nitrogens with one attached hydrogen (secondary N) is 1. The molecule has 19 heavy (non-hydrogen) atoms. The predicted molar refractivity (Wildman–Crippen MR) is 79.3 cm³/mol. The standard InChI is InChI=1S/C14H19BrN4/c1-9(2)3-4-11-13(15)14-17-8-10-7-16-6-5-12(10)19(14)18-11/h8-9,16H,3-7H2,1-2H3. The maximum atomic E-state index is 4.78. The zero-order valence-electron chi connectivity index (χ0n) is 11.4. The lowest BCUT2D eigenvalue weighted by Gasteiger charge is -2.16. The Morgan fingerprint density at radius 3 is 3.11 bits per heavy atom. The summed E-state index contributed by atoms with van der Waals surface area (Å²) in [5.74, 6) is 0.697. The van der Waals surface area contributed by atoms with E-state index in [9.17, 15) is 0 Å². The van der Waals surface area contributed by atoms with Crippen molar-refractivity contribution < 1.29 is 0 Å². The van der Waals surface area contributed by atoms with E-state index >= 15 is 0 Å². The third kappa shape index (κ3) is 2.41. The van der Waals surface area contributed by atoms with Crippen LogP contribution in [0.25, 0.3) is 5.65 Å². The number of hydrogen-bond acceptors (Lipinski definition) is 3. The van der Waals surface area contributed by atoms with Gasteiger partial charge in [-0.05, 0) is 34.7 Å². The van der Waals surface area contributed by atoms with Crippen molar-refractivity contribution in [3.63, 3.8) is 0 Å². The second-order valence-corrected chi connectivity index (χ2v) is 6.38. The molecule has 4 nitrogen and oxygen atoms in total. The van der Waals surface area contributed by atoms with Gasteiger partial charge in [-0.25, -0.2) is 9.50 Å². The molecule has 2 aromatic heterocycles. The van der Waals surface area contributed by atoms with Crippen LogP contribution in [-0.2, 0) is 19.4 Å². The molecule has 0 saturated heterocycles. The van der Waals surface area contributed by atoms with E-state index < -0.39 is 0 Å². The van der Waals surface area contributed by atoms with E-state index in [4.69, 9.17) is 5.10 Å². The Kier molecular flexibility index (Phi) is 3.58. The van der Waals surface area contributed by atoms with Gasteiger partial charge >= 0.3 is 0 Å². The van der Waals surface area contributed by atoms with Crippen LogP contribution in [0.4, 0.5) is 0 Å². The van der Waals surface area contributed by atoms with Gasteiger partial charge in [0.2, 0.25) is 0 Å². The largest absolute Gasteiger partial charge is 0.312 e. The van der Waals surface area contributed by atoms with Crippen LogP contribution < -0.4 is 5.32 Å². The normalized spacial score (nSPS) is 15.2. The Morgan fingerprint density at radius 2 is 2.32 bits per heavy atom. The van der Waals surface area contributed by atoms with Crippen LogP contribution in [0.3, 0.4) is 0 Å². The molecule has 1 aliphatic rings. The van der Waals surface area contributed by atoms with Crippen molar-refractivity contribution in [2.24, 2.45) is 5.92 Å². The third-order valence-corrected chi connectivity index (χ3v) is 4.46. The Bertz CT molecular complexity index is 603. The quantitative estimate of drug-likeness (QED) is 0.944. The van der Waals surface area contributed by atoms with Crippen LogP contribution in [0.2, 0.25) is 0 Å². The second-order valence-electron chi connectivity index (χ2n) is 5.59. The van der Waals surface area contributed by atoms with E-state index in [0.29, 0.717) is 5.92 Å². The molecular weight excluding hydrogens is 304 g/mol. The molecule has 0 fully saturated rings. The molecule has 2 aromatic rings. The average molecular weight is 323 g/mol. The molecule has 0 atom stereocenters. The Hall–Kier alpha value is -0.940. The van der Waals surface area contributed by atoms with E-state index in [1.54, 1.807) is 0 Å². The number of nitrogens with zero attached hydrogens (tertiary/aromatic N) is 3. The van der Waals surface area contributed by atoms with Crippen LogP contribution in [-0.4, -0.2) is 21.1 Å². The molecule has 0 aliphatic carbocycles. The lowest BCUT2D eigenvalue weighted by molar-refractivity contribution is 0.575. The summed E-state index contributed by atoms with van der Waals surface area (Å²) in [5, 5.41) is 8.15. The predicted octanol–water partition coefficient (Wildman–Crippen LogP) is 2.73. The monoisotopic (exact) mass is 322 g/mol. The van der Waals surface area contributed by atoms with Crippen molar-refractivity contribution in [1.82, 2.24) is 19.9 Å². The van der Waals surface area contributed by atoms with E-state index in [0.717, 1.165) is 48.2 Å². The summed E-state index contributed by atoms with van der Waals surface area (Å²) < 4.78 is 3.10. The van der Waals surface area contributed by atoms with Crippen LogP contribution in [0.15, 0.2) is 10.7 Å². The molecule has 0 saturated carbocycles. The van der Waals surface area contributed by atoms with Crippen molar-refractivity contribution in [3.8, 4) is 0 Å². The number of rotatable bonds is 3. The smallest absolute Gasteiger partial charge is 0.169 e. The van der Waals surface area contributed by atoms with Crippen molar-refractivity contribution in [2.45, 2.75) is 39.7 Å². The van der Waals surface area contributed by atoms with Gasteiger partial charge in [-0.1, -0.05) is 13.8 Å². The van der Waals surface area contributed by atoms with E-state index in [1.807, 2.05) is 10.7 Å². The first kappa shape index (κ1) is 13.1. The van der Waals surface area contributed by atoms with Gasteiger partial charge in [0, 0.05) is 31.3 Å². The fourth-order valence-corrected chi connectivity index (χ4v) is 3.06. The maximum absolute atomic E-state index is 4.78. The van der Waals surface area contributed by atoms with Gasteiger partial charge in [0.1, 0.15) is 0 Å². The molecular formula is C14H19BrN4.